The molecule has 1 aromatic heterocycles. The molecule has 3 heterocycles. The van der Waals surface area contributed by atoms with Gasteiger partial charge in [0.05, 0.1) is 18.1 Å². The lowest BCUT2D eigenvalue weighted by molar-refractivity contribution is -0.130. The van der Waals surface area contributed by atoms with Gasteiger partial charge in [-0.3, -0.25) is 14.5 Å². The number of amides is 1. The number of tetrazole rings is 1. The number of aromatic amines is 1. The molecule has 10 atom stereocenters. The van der Waals surface area contributed by atoms with E-state index < -0.39 is 0 Å². The van der Waals surface area contributed by atoms with Crippen molar-refractivity contribution in [3.63, 3.8) is 0 Å². The van der Waals surface area contributed by atoms with Crippen LogP contribution in [0.4, 0.5) is 0 Å². The lowest BCUT2D eigenvalue weighted by atomic mass is 9.52. The summed E-state index contributed by atoms with van der Waals surface area (Å²) in [7, 11) is 0. The number of aromatic nitrogens is 4. The zero-order chi connectivity index (χ0) is 29.2. The molecule has 3 saturated carbocycles. The Kier molecular flexibility index (Phi) is 7.36. The minimum atomic E-state index is -0.0885. The fourth-order valence-electron chi connectivity index (χ4n) is 11.0. The van der Waals surface area contributed by atoms with Gasteiger partial charge in [-0.1, -0.05) is 37.1 Å². The van der Waals surface area contributed by atoms with Gasteiger partial charge in [-0.05, 0) is 93.3 Å². The normalized spacial score (nSPS) is 43.5. The second-order valence-corrected chi connectivity index (χ2v) is 15.3. The van der Waals surface area contributed by atoms with Gasteiger partial charge >= 0.3 is 0 Å². The Morgan fingerprint density at radius 3 is 2.86 bits per heavy atom. The molecule has 2 saturated heterocycles. The number of piperidine rings is 1. The predicted octanol–water partition coefficient (Wildman–Crippen LogP) is 4.26. The highest BCUT2D eigenvalue weighted by atomic mass is 16.5. The third-order valence-corrected chi connectivity index (χ3v) is 13.1. The summed E-state index contributed by atoms with van der Waals surface area (Å²) in [5.74, 6) is 4.73. The molecule has 5 fully saturated rings. The Balaban J connectivity index is 1.05. The van der Waals surface area contributed by atoms with E-state index in [9.17, 15) is 9.59 Å². The molecule has 0 radical (unpaired) electrons. The summed E-state index contributed by atoms with van der Waals surface area (Å²) in [6.45, 7) is 12.3. The third-order valence-electron chi connectivity index (χ3n) is 13.1. The van der Waals surface area contributed by atoms with Crippen LogP contribution in [0.15, 0.2) is 11.1 Å². The molecule has 1 aromatic rings. The molecule has 9 nitrogen and oxygen atoms in total. The lowest BCUT2D eigenvalue weighted by Gasteiger charge is -2.52. The summed E-state index contributed by atoms with van der Waals surface area (Å²) in [6, 6.07) is 0.396. The Bertz CT molecular complexity index is 1230. The average molecular weight is 579 g/mol. The molecule has 7 rings (SSSR count). The smallest absolute Gasteiger partial charge is 0.227 e. The molecule has 6 aliphatic rings. The maximum Gasteiger partial charge on any atom is 0.227 e. The van der Waals surface area contributed by atoms with Crippen LogP contribution < -0.4 is 5.32 Å². The number of carbonyl (C=O) groups is 2. The van der Waals surface area contributed by atoms with Crippen LogP contribution in [-0.2, 0) is 20.7 Å². The monoisotopic (exact) mass is 578 g/mol. The van der Waals surface area contributed by atoms with Crippen molar-refractivity contribution in [2.24, 2.45) is 40.9 Å². The van der Waals surface area contributed by atoms with Crippen molar-refractivity contribution in [3.8, 4) is 0 Å². The molecule has 1 spiro atoms. The number of ether oxygens (including phenoxy) is 1. The van der Waals surface area contributed by atoms with E-state index in [0.717, 1.165) is 63.5 Å². The highest BCUT2D eigenvalue weighted by molar-refractivity contribution is 5.79. The second-order valence-electron chi connectivity index (χ2n) is 15.3. The van der Waals surface area contributed by atoms with Gasteiger partial charge in [-0.15, -0.1) is 10.2 Å². The molecule has 1 amide bonds. The van der Waals surface area contributed by atoms with E-state index in [4.69, 9.17) is 4.74 Å². The first-order valence-electron chi connectivity index (χ1n) is 16.8. The number of nitrogens with one attached hydrogen (secondary N) is 2. The zero-order valence-electron chi connectivity index (χ0n) is 26.0. The first-order chi connectivity index (χ1) is 20.2. The number of hydrogen-bond donors (Lipinski definition) is 2. The largest absolute Gasteiger partial charge is 0.369 e. The first kappa shape index (κ1) is 28.6. The van der Waals surface area contributed by atoms with Gasteiger partial charge in [0.1, 0.15) is 5.78 Å². The number of likely N-dealkylation sites (tertiary alicyclic amines) is 1. The van der Waals surface area contributed by atoms with Gasteiger partial charge in [-0.25, -0.2) is 0 Å². The number of Topliss-reactive ketones (excluding diaryl/α,β-unsaturated/α-hetero) is 1. The van der Waals surface area contributed by atoms with Crippen LogP contribution in [0.5, 0.6) is 0 Å². The molecular formula is C33H50N6O3. The minimum Gasteiger partial charge on any atom is -0.369 e. The molecule has 2 N–H and O–H groups in total. The number of allylic oxidation sites excluding steroid dienone is 1. The van der Waals surface area contributed by atoms with Crippen LogP contribution in [0.25, 0.3) is 0 Å². The molecule has 42 heavy (non-hydrogen) atoms. The van der Waals surface area contributed by atoms with Crippen molar-refractivity contribution in [1.29, 1.82) is 0 Å². The molecule has 2 aliphatic heterocycles. The van der Waals surface area contributed by atoms with Crippen LogP contribution in [0, 0.1) is 40.9 Å². The summed E-state index contributed by atoms with van der Waals surface area (Å²) < 4.78 is 7.25. The van der Waals surface area contributed by atoms with Crippen molar-refractivity contribution in [2.75, 3.05) is 19.6 Å². The van der Waals surface area contributed by atoms with Crippen molar-refractivity contribution in [3.05, 3.63) is 17.0 Å². The molecule has 0 bridgehead atoms. The highest BCUT2D eigenvalue weighted by Gasteiger charge is 2.60. The van der Waals surface area contributed by atoms with Crippen LogP contribution in [0.1, 0.15) is 97.7 Å². The van der Waals surface area contributed by atoms with Crippen LogP contribution in [0.2, 0.25) is 0 Å². The maximum absolute atomic E-state index is 12.4. The number of nitrogens with zero attached hydrogens (tertiary/aromatic N) is 4. The molecule has 2 unspecified atom stereocenters. The Morgan fingerprint density at radius 1 is 1.19 bits per heavy atom. The SMILES string of the molecule is CC1=C2CC3[C@@H](CC[C@@H]4CC(=O)CC[C@]34C)[C@@H]2CC[C@@]2(C1)O[C@@H]1C[C@H](C)CN(CCNC(=O)Cc3nn[nH]n3)C1[C@H]2C. The Labute approximate surface area is 250 Å². The molecule has 0 aromatic carbocycles. The Morgan fingerprint density at radius 2 is 2.05 bits per heavy atom. The van der Waals surface area contributed by atoms with Gasteiger partial charge in [-0.2, -0.15) is 5.21 Å². The third kappa shape index (κ3) is 4.77. The maximum atomic E-state index is 12.4. The Hall–Kier alpha value is -2.13. The fraction of sp³-hybridized carbons (Fsp3) is 0.848. The van der Waals surface area contributed by atoms with Crippen molar-refractivity contribution in [1.82, 2.24) is 30.8 Å². The number of rotatable bonds is 5. The first-order valence-corrected chi connectivity index (χ1v) is 16.8. The van der Waals surface area contributed by atoms with Gasteiger partial charge in [0, 0.05) is 44.4 Å². The van der Waals surface area contributed by atoms with E-state index in [0.29, 0.717) is 53.3 Å². The molecular weight excluding hydrogens is 528 g/mol. The molecule has 4 aliphatic carbocycles. The van der Waals surface area contributed by atoms with Crippen LogP contribution in [0.3, 0.4) is 0 Å². The van der Waals surface area contributed by atoms with Gasteiger partial charge in [0.15, 0.2) is 5.82 Å². The van der Waals surface area contributed by atoms with Gasteiger partial charge < -0.3 is 10.1 Å². The predicted molar refractivity (Wildman–Crippen MR) is 158 cm³/mol. The number of fused-ring (bicyclic) bond motifs is 6. The van der Waals surface area contributed by atoms with Crippen LogP contribution in [-0.4, -0.2) is 74.6 Å². The van der Waals surface area contributed by atoms with Crippen LogP contribution >= 0.6 is 0 Å². The fourth-order valence-corrected chi connectivity index (χ4v) is 11.0. The second kappa shape index (κ2) is 10.8. The van der Waals surface area contributed by atoms with Crippen molar-refractivity contribution in [2.45, 2.75) is 116 Å². The standard InChI is InChI=1S/C33H50N6O3/c1-19-13-28-31(39(18-19)12-11-34-30(41)16-29-35-37-38-36-29)21(3)33(42-28)10-8-24-25-6-5-22-14-23(40)7-9-32(22,4)27(25)15-26(24)20(2)17-33/h19,21-22,24-25,27-28,31H,5-18H2,1-4H3,(H,34,41)(H,35,36,37,38)/t19-,21+,22+,24-,25-,27?,28+,31?,32-,33-/m0/s1. The summed E-state index contributed by atoms with van der Waals surface area (Å²) in [6.07, 6.45) is 11.5. The van der Waals surface area contributed by atoms with Gasteiger partial charge in [0.25, 0.3) is 0 Å². The lowest BCUT2D eigenvalue weighted by Crippen LogP contribution is -2.53. The highest BCUT2D eigenvalue weighted by Crippen LogP contribution is 2.65. The number of ketones is 1. The molecule has 230 valence electrons. The summed E-state index contributed by atoms with van der Waals surface area (Å²) in [4.78, 5) is 27.4. The van der Waals surface area contributed by atoms with E-state index >= 15 is 0 Å². The van der Waals surface area contributed by atoms with E-state index in [1.54, 1.807) is 11.1 Å². The van der Waals surface area contributed by atoms with E-state index in [-0.39, 0.29) is 24.0 Å². The van der Waals surface area contributed by atoms with Gasteiger partial charge in [0.2, 0.25) is 5.91 Å². The van der Waals surface area contributed by atoms with E-state index in [1.807, 2.05) is 0 Å². The zero-order valence-corrected chi connectivity index (χ0v) is 26.0. The van der Waals surface area contributed by atoms with E-state index in [1.165, 1.54) is 25.7 Å². The van der Waals surface area contributed by atoms with Crippen molar-refractivity contribution >= 4 is 11.7 Å². The van der Waals surface area contributed by atoms with E-state index in [2.05, 4.69) is 58.5 Å². The summed E-state index contributed by atoms with van der Waals surface area (Å²) in [5.41, 5.74) is 3.63. The number of H-pyrrole nitrogens is 1. The average Bonchev–Trinajstić information content (AvgIpc) is 3.63. The number of hydrogen-bond acceptors (Lipinski definition) is 7. The summed E-state index contributed by atoms with van der Waals surface area (Å²) >= 11 is 0. The quantitative estimate of drug-likeness (QED) is 0.502. The minimum absolute atomic E-state index is 0.0659. The number of carbonyl (C=O) groups excluding carboxylic acids is 2. The summed E-state index contributed by atoms with van der Waals surface area (Å²) in [5, 5.41) is 16.8. The molecule has 9 heteroatoms. The van der Waals surface area contributed by atoms with Crippen molar-refractivity contribution < 1.29 is 14.3 Å². The topological polar surface area (TPSA) is 113 Å².